The van der Waals surface area contributed by atoms with Gasteiger partial charge in [0.2, 0.25) is 5.95 Å². The number of nitrogens with one attached hydrogen (secondary N) is 2. The van der Waals surface area contributed by atoms with Gasteiger partial charge in [-0.2, -0.15) is 0 Å². The molecular weight excluding hydrogens is 410 g/mol. The lowest BCUT2D eigenvalue weighted by atomic mass is 10.0. The number of nitrogens with zero attached hydrogens (tertiary/aromatic N) is 3. The van der Waals surface area contributed by atoms with Crippen molar-refractivity contribution in [1.29, 1.82) is 0 Å². The molecule has 0 spiro atoms. The zero-order valence-electron chi connectivity index (χ0n) is 18.9. The van der Waals surface area contributed by atoms with Crippen LogP contribution in [0.4, 0.5) is 11.6 Å². The van der Waals surface area contributed by atoms with E-state index >= 15 is 0 Å². The predicted octanol–water partition coefficient (Wildman–Crippen LogP) is 4.50. The summed E-state index contributed by atoms with van der Waals surface area (Å²) in [5.74, 6) is 1.44. The smallest absolute Gasteiger partial charge is 0.227 e. The summed E-state index contributed by atoms with van der Waals surface area (Å²) >= 11 is 0. The van der Waals surface area contributed by atoms with Gasteiger partial charge < -0.3 is 20.3 Å². The van der Waals surface area contributed by atoms with Crippen LogP contribution in [0.5, 0.6) is 5.75 Å². The molecule has 1 saturated heterocycles. The molecule has 0 unspecified atom stereocenters. The van der Waals surface area contributed by atoms with Crippen LogP contribution in [0, 0.1) is 0 Å². The number of rotatable bonds is 7. The Morgan fingerprint density at radius 2 is 1.82 bits per heavy atom. The van der Waals surface area contributed by atoms with Crippen molar-refractivity contribution in [1.82, 2.24) is 20.2 Å². The maximum Gasteiger partial charge on any atom is 0.227 e. The number of anilines is 2. The molecule has 0 aliphatic carbocycles. The highest BCUT2D eigenvalue weighted by molar-refractivity contribution is 5.93. The van der Waals surface area contributed by atoms with E-state index in [0.29, 0.717) is 5.95 Å². The molecule has 2 heterocycles. The Morgan fingerprint density at radius 1 is 1.00 bits per heavy atom. The number of methoxy groups -OCH3 is 1. The van der Waals surface area contributed by atoms with E-state index in [1.165, 1.54) is 5.56 Å². The summed E-state index contributed by atoms with van der Waals surface area (Å²) in [6.07, 6.45) is 2.92. The molecule has 1 aliphatic rings. The molecule has 4 aromatic rings. The summed E-state index contributed by atoms with van der Waals surface area (Å²) in [7, 11) is 1.68. The topological polar surface area (TPSA) is 62.3 Å². The highest BCUT2D eigenvalue weighted by atomic mass is 16.5. The van der Waals surface area contributed by atoms with Crippen LogP contribution in [0.1, 0.15) is 5.56 Å². The van der Waals surface area contributed by atoms with Gasteiger partial charge in [0.05, 0.1) is 12.6 Å². The normalized spacial score (nSPS) is 14.3. The maximum atomic E-state index is 5.30. The molecule has 6 heteroatoms. The van der Waals surface area contributed by atoms with E-state index in [0.717, 1.165) is 72.6 Å². The maximum absolute atomic E-state index is 5.30. The first-order valence-corrected chi connectivity index (χ1v) is 11.5. The van der Waals surface area contributed by atoms with Gasteiger partial charge in [-0.25, -0.2) is 9.97 Å². The molecule has 0 bridgehead atoms. The largest absolute Gasteiger partial charge is 0.497 e. The van der Waals surface area contributed by atoms with E-state index in [2.05, 4.69) is 63.0 Å². The lowest BCUT2D eigenvalue weighted by Gasteiger charge is -2.27. The molecule has 33 heavy (non-hydrogen) atoms. The first-order valence-electron chi connectivity index (χ1n) is 11.5. The molecule has 5 rings (SSSR count). The second kappa shape index (κ2) is 9.98. The van der Waals surface area contributed by atoms with Crippen molar-refractivity contribution in [2.24, 2.45) is 0 Å². The minimum Gasteiger partial charge on any atom is -0.497 e. The van der Waals surface area contributed by atoms with Crippen LogP contribution in [0.15, 0.2) is 72.9 Å². The van der Waals surface area contributed by atoms with Gasteiger partial charge in [-0.1, -0.05) is 42.5 Å². The Labute approximate surface area is 194 Å². The Morgan fingerprint density at radius 3 is 2.64 bits per heavy atom. The fourth-order valence-corrected chi connectivity index (χ4v) is 4.28. The second-order valence-electron chi connectivity index (χ2n) is 8.33. The molecule has 1 aromatic heterocycles. The van der Waals surface area contributed by atoms with Gasteiger partial charge in [-0.05, 0) is 41.8 Å². The number of aromatic nitrogens is 2. The summed E-state index contributed by atoms with van der Waals surface area (Å²) in [6.45, 7) is 5.50. The number of ether oxygens (including phenoxy) is 1. The number of fused-ring (bicyclic) bond motifs is 1. The van der Waals surface area contributed by atoms with Gasteiger partial charge >= 0.3 is 0 Å². The van der Waals surface area contributed by atoms with Crippen LogP contribution in [-0.2, 0) is 6.42 Å². The Bertz CT molecular complexity index is 1220. The van der Waals surface area contributed by atoms with Crippen LogP contribution in [0.3, 0.4) is 0 Å². The summed E-state index contributed by atoms with van der Waals surface area (Å²) in [4.78, 5) is 11.9. The highest BCUT2D eigenvalue weighted by Gasteiger charge is 2.10. The standard InChI is InChI=1S/C27H29N5O/c1-33-24-10-8-21(9-11-24)25-7-3-5-22-19-29-27(31-26(22)25)30-23-6-2-4-20(18-23)12-15-32-16-13-28-14-17-32/h2-11,18-19,28H,12-17H2,1H3,(H,29,30,31). The van der Waals surface area contributed by atoms with E-state index in [1.807, 2.05) is 30.5 Å². The van der Waals surface area contributed by atoms with Crippen molar-refractivity contribution < 1.29 is 4.74 Å². The third kappa shape index (κ3) is 5.13. The van der Waals surface area contributed by atoms with Crippen molar-refractivity contribution in [3.63, 3.8) is 0 Å². The van der Waals surface area contributed by atoms with Crippen LogP contribution in [0.25, 0.3) is 22.0 Å². The zero-order chi connectivity index (χ0) is 22.5. The van der Waals surface area contributed by atoms with Crippen molar-refractivity contribution >= 4 is 22.5 Å². The Hall–Kier alpha value is -3.48. The Balaban J connectivity index is 1.35. The highest BCUT2D eigenvalue weighted by Crippen LogP contribution is 2.29. The number of hydrogen-bond donors (Lipinski definition) is 2. The van der Waals surface area contributed by atoms with Crippen molar-refractivity contribution in [2.45, 2.75) is 6.42 Å². The lowest BCUT2D eigenvalue weighted by Crippen LogP contribution is -2.44. The lowest BCUT2D eigenvalue weighted by molar-refractivity contribution is 0.244. The molecule has 3 aromatic carbocycles. The fraction of sp³-hybridized carbons (Fsp3) is 0.259. The number of para-hydroxylation sites is 1. The number of hydrogen-bond acceptors (Lipinski definition) is 6. The third-order valence-corrected chi connectivity index (χ3v) is 6.12. The van der Waals surface area contributed by atoms with E-state index in [4.69, 9.17) is 9.72 Å². The second-order valence-corrected chi connectivity index (χ2v) is 8.33. The zero-order valence-corrected chi connectivity index (χ0v) is 18.9. The first kappa shape index (κ1) is 21.4. The summed E-state index contributed by atoms with van der Waals surface area (Å²) in [5, 5.41) is 7.83. The summed E-state index contributed by atoms with van der Waals surface area (Å²) in [5.41, 5.74) is 5.42. The molecule has 0 radical (unpaired) electrons. The van der Waals surface area contributed by atoms with Gasteiger partial charge in [0.25, 0.3) is 0 Å². The van der Waals surface area contributed by atoms with Gasteiger partial charge in [0.15, 0.2) is 0 Å². The fourth-order valence-electron chi connectivity index (χ4n) is 4.28. The van der Waals surface area contributed by atoms with Crippen molar-refractivity contribution in [3.8, 4) is 16.9 Å². The van der Waals surface area contributed by atoms with Gasteiger partial charge in [-0.3, -0.25) is 0 Å². The van der Waals surface area contributed by atoms with Crippen LogP contribution < -0.4 is 15.4 Å². The van der Waals surface area contributed by atoms with Crippen molar-refractivity contribution in [3.05, 3.63) is 78.5 Å². The van der Waals surface area contributed by atoms with E-state index < -0.39 is 0 Å². The Kier molecular flexibility index (Phi) is 6.46. The molecule has 168 valence electrons. The quantitative estimate of drug-likeness (QED) is 0.442. The molecule has 2 N–H and O–H groups in total. The molecule has 0 amide bonds. The van der Waals surface area contributed by atoms with Gasteiger partial charge in [0, 0.05) is 55.6 Å². The SMILES string of the molecule is COc1ccc(-c2cccc3cnc(Nc4cccc(CCN5CCNCC5)c4)nc23)cc1. The van der Waals surface area contributed by atoms with Crippen LogP contribution in [0.2, 0.25) is 0 Å². The molecule has 0 atom stereocenters. The summed E-state index contributed by atoms with van der Waals surface area (Å²) < 4.78 is 5.30. The third-order valence-electron chi connectivity index (χ3n) is 6.12. The minimum absolute atomic E-state index is 0.600. The van der Waals surface area contributed by atoms with Crippen LogP contribution >= 0.6 is 0 Å². The minimum atomic E-state index is 0.600. The van der Waals surface area contributed by atoms with E-state index in [1.54, 1.807) is 7.11 Å². The number of benzene rings is 3. The number of piperazine rings is 1. The average molecular weight is 440 g/mol. The molecule has 0 saturated carbocycles. The van der Waals surface area contributed by atoms with E-state index in [-0.39, 0.29) is 0 Å². The molecular formula is C27H29N5O. The van der Waals surface area contributed by atoms with Crippen LogP contribution in [-0.4, -0.2) is 54.7 Å². The molecule has 1 fully saturated rings. The predicted molar refractivity (Wildman–Crippen MR) is 134 cm³/mol. The molecule has 6 nitrogen and oxygen atoms in total. The molecule has 1 aliphatic heterocycles. The van der Waals surface area contributed by atoms with Crippen molar-refractivity contribution in [2.75, 3.05) is 45.2 Å². The van der Waals surface area contributed by atoms with Gasteiger partial charge in [0.1, 0.15) is 5.75 Å². The monoisotopic (exact) mass is 439 g/mol. The average Bonchev–Trinajstić information content (AvgIpc) is 2.88. The van der Waals surface area contributed by atoms with E-state index in [9.17, 15) is 0 Å². The first-order chi connectivity index (χ1) is 16.3. The summed E-state index contributed by atoms with van der Waals surface area (Å²) in [6, 6.07) is 22.8. The van der Waals surface area contributed by atoms with Gasteiger partial charge in [-0.15, -0.1) is 0 Å².